The number of carbonyl (C=O) groups excluding carboxylic acids is 1. The van der Waals surface area contributed by atoms with E-state index in [-0.39, 0.29) is 5.97 Å². The molecular formula is C31H52O2. The van der Waals surface area contributed by atoms with Crippen LogP contribution in [0.4, 0.5) is 0 Å². The summed E-state index contributed by atoms with van der Waals surface area (Å²) >= 11 is 0. The Kier molecular flexibility index (Phi) is 21.1. The molecule has 0 aliphatic carbocycles. The molecule has 33 heavy (non-hydrogen) atoms. The van der Waals surface area contributed by atoms with E-state index in [2.05, 4.69) is 6.92 Å². The molecule has 0 saturated carbocycles. The Morgan fingerprint density at radius 3 is 1.42 bits per heavy atom. The van der Waals surface area contributed by atoms with Crippen molar-refractivity contribution in [2.45, 2.75) is 135 Å². The van der Waals surface area contributed by atoms with Crippen molar-refractivity contribution >= 4 is 12.0 Å². The Labute approximate surface area is 205 Å². The molecule has 0 aliphatic rings. The molecule has 0 amide bonds. The summed E-state index contributed by atoms with van der Waals surface area (Å²) in [6, 6.07) is 9.84. The van der Waals surface area contributed by atoms with E-state index >= 15 is 0 Å². The standard InChI is InChI=1S/C31H52O2/c1-2-3-4-5-6-7-8-9-10-11-12-13-14-15-16-17-18-19-20-24-29-33-31(32)28-27-30-25-22-21-23-26-30/h21-23,25-28H,2-20,24,29H2,1H3. The third-order valence-corrected chi connectivity index (χ3v) is 6.45. The average molecular weight is 457 g/mol. The van der Waals surface area contributed by atoms with Crippen LogP contribution in [0.25, 0.3) is 6.08 Å². The van der Waals surface area contributed by atoms with Crippen LogP contribution < -0.4 is 0 Å². The molecule has 0 atom stereocenters. The highest BCUT2D eigenvalue weighted by atomic mass is 16.5. The molecule has 0 fully saturated rings. The van der Waals surface area contributed by atoms with Crippen molar-refractivity contribution in [1.29, 1.82) is 0 Å². The van der Waals surface area contributed by atoms with Crippen LogP contribution in [-0.2, 0) is 9.53 Å². The van der Waals surface area contributed by atoms with Crippen LogP contribution in [-0.4, -0.2) is 12.6 Å². The van der Waals surface area contributed by atoms with Crippen LogP contribution in [0.5, 0.6) is 0 Å². The Hall–Kier alpha value is -1.57. The number of esters is 1. The van der Waals surface area contributed by atoms with Gasteiger partial charge in [-0.2, -0.15) is 0 Å². The predicted octanol–water partition coefficient (Wildman–Crippen LogP) is 10.1. The number of carbonyl (C=O) groups is 1. The molecule has 2 nitrogen and oxygen atoms in total. The quantitative estimate of drug-likeness (QED) is 0.0930. The number of ether oxygens (including phenoxy) is 1. The highest BCUT2D eigenvalue weighted by Crippen LogP contribution is 2.14. The summed E-state index contributed by atoms with van der Waals surface area (Å²) in [7, 11) is 0. The molecule has 0 unspecified atom stereocenters. The Morgan fingerprint density at radius 2 is 1.00 bits per heavy atom. The van der Waals surface area contributed by atoms with Gasteiger partial charge in [0.1, 0.15) is 0 Å². The second-order valence-corrected chi connectivity index (χ2v) is 9.63. The first-order valence-electron chi connectivity index (χ1n) is 14.2. The van der Waals surface area contributed by atoms with E-state index in [1.807, 2.05) is 30.3 Å². The number of unbranched alkanes of at least 4 members (excludes halogenated alkanes) is 19. The summed E-state index contributed by atoms with van der Waals surface area (Å²) in [5.41, 5.74) is 1.02. The SMILES string of the molecule is CCCCCCCCCCCCCCCCCCCCCCOC(=O)C=Cc1ccccc1. The van der Waals surface area contributed by atoms with Gasteiger partial charge in [0.15, 0.2) is 0 Å². The summed E-state index contributed by atoms with van der Waals surface area (Å²) in [5, 5.41) is 0. The van der Waals surface area contributed by atoms with Gasteiger partial charge in [-0.3, -0.25) is 0 Å². The second kappa shape index (κ2) is 23.6. The zero-order chi connectivity index (χ0) is 23.7. The summed E-state index contributed by atoms with van der Waals surface area (Å²) in [6.07, 6.45) is 30.9. The van der Waals surface area contributed by atoms with E-state index < -0.39 is 0 Å². The molecule has 1 aromatic rings. The summed E-state index contributed by atoms with van der Waals surface area (Å²) in [6.45, 7) is 2.83. The third kappa shape index (κ3) is 20.7. The maximum absolute atomic E-state index is 11.7. The maximum Gasteiger partial charge on any atom is 0.330 e. The molecule has 0 bridgehead atoms. The lowest BCUT2D eigenvalue weighted by Gasteiger charge is -2.04. The van der Waals surface area contributed by atoms with Crippen molar-refractivity contribution in [2.75, 3.05) is 6.61 Å². The lowest BCUT2D eigenvalue weighted by atomic mass is 10.0. The predicted molar refractivity (Wildman–Crippen MR) is 144 cm³/mol. The van der Waals surface area contributed by atoms with Gasteiger partial charge in [0.25, 0.3) is 0 Å². The van der Waals surface area contributed by atoms with Gasteiger partial charge in [-0.15, -0.1) is 0 Å². The van der Waals surface area contributed by atoms with Crippen molar-refractivity contribution in [3.63, 3.8) is 0 Å². The molecule has 1 aromatic carbocycles. The van der Waals surface area contributed by atoms with Gasteiger partial charge in [-0.05, 0) is 18.1 Å². The van der Waals surface area contributed by atoms with E-state index in [4.69, 9.17) is 4.74 Å². The molecule has 1 rings (SSSR count). The molecule has 188 valence electrons. The fourth-order valence-electron chi connectivity index (χ4n) is 4.31. The smallest absolute Gasteiger partial charge is 0.330 e. The van der Waals surface area contributed by atoms with Gasteiger partial charge in [0.05, 0.1) is 6.61 Å². The van der Waals surface area contributed by atoms with Crippen molar-refractivity contribution < 1.29 is 9.53 Å². The normalized spacial score (nSPS) is 11.3. The van der Waals surface area contributed by atoms with Gasteiger partial charge in [-0.25, -0.2) is 4.79 Å². The van der Waals surface area contributed by atoms with E-state index in [9.17, 15) is 4.79 Å². The number of rotatable bonds is 23. The highest BCUT2D eigenvalue weighted by Gasteiger charge is 1.98. The third-order valence-electron chi connectivity index (χ3n) is 6.45. The first-order valence-corrected chi connectivity index (χ1v) is 14.2. The fourth-order valence-corrected chi connectivity index (χ4v) is 4.31. The molecule has 0 N–H and O–H groups in total. The van der Waals surface area contributed by atoms with E-state index in [0.717, 1.165) is 18.4 Å². The second-order valence-electron chi connectivity index (χ2n) is 9.63. The van der Waals surface area contributed by atoms with Crippen LogP contribution in [0, 0.1) is 0 Å². The molecule has 0 aromatic heterocycles. The van der Waals surface area contributed by atoms with Crippen molar-refractivity contribution in [1.82, 2.24) is 0 Å². The largest absolute Gasteiger partial charge is 0.463 e. The molecule has 0 saturated heterocycles. The van der Waals surface area contributed by atoms with E-state index in [1.165, 1.54) is 122 Å². The van der Waals surface area contributed by atoms with Crippen LogP contribution in [0.1, 0.15) is 141 Å². The Bertz CT molecular complexity index is 564. The van der Waals surface area contributed by atoms with Gasteiger partial charge in [-0.1, -0.05) is 159 Å². The van der Waals surface area contributed by atoms with Gasteiger partial charge in [0, 0.05) is 6.08 Å². The fraction of sp³-hybridized carbons (Fsp3) is 0.710. The maximum atomic E-state index is 11.7. The topological polar surface area (TPSA) is 26.3 Å². The minimum atomic E-state index is -0.239. The summed E-state index contributed by atoms with van der Waals surface area (Å²) in [4.78, 5) is 11.7. The van der Waals surface area contributed by atoms with Crippen LogP contribution in [0.15, 0.2) is 36.4 Å². The minimum absolute atomic E-state index is 0.239. The average Bonchev–Trinajstić information content (AvgIpc) is 2.84. The molecule has 0 radical (unpaired) electrons. The number of hydrogen-bond acceptors (Lipinski definition) is 2. The molecular weight excluding hydrogens is 404 g/mol. The Balaban J connectivity index is 1.73. The molecule has 0 aliphatic heterocycles. The number of hydrogen-bond donors (Lipinski definition) is 0. The first-order chi connectivity index (χ1) is 16.3. The zero-order valence-electron chi connectivity index (χ0n) is 21.7. The molecule has 0 spiro atoms. The van der Waals surface area contributed by atoms with Crippen molar-refractivity contribution in [2.24, 2.45) is 0 Å². The van der Waals surface area contributed by atoms with Crippen molar-refractivity contribution in [3.05, 3.63) is 42.0 Å². The molecule has 0 heterocycles. The van der Waals surface area contributed by atoms with Gasteiger partial charge in [0.2, 0.25) is 0 Å². The Morgan fingerprint density at radius 1 is 0.606 bits per heavy atom. The lowest BCUT2D eigenvalue weighted by Crippen LogP contribution is -2.02. The van der Waals surface area contributed by atoms with E-state index in [0.29, 0.717) is 6.61 Å². The number of benzene rings is 1. The molecule has 2 heteroatoms. The van der Waals surface area contributed by atoms with E-state index in [1.54, 1.807) is 6.08 Å². The highest BCUT2D eigenvalue weighted by molar-refractivity contribution is 5.86. The minimum Gasteiger partial charge on any atom is -0.463 e. The summed E-state index contributed by atoms with van der Waals surface area (Å²) in [5.74, 6) is -0.239. The van der Waals surface area contributed by atoms with Crippen LogP contribution >= 0.6 is 0 Å². The van der Waals surface area contributed by atoms with Gasteiger partial charge < -0.3 is 4.74 Å². The summed E-state index contributed by atoms with van der Waals surface area (Å²) < 4.78 is 5.28. The monoisotopic (exact) mass is 456 g/mol. The van der Waals surface area contributed by atoms with Crippen LogP contribution in [0.2, 0.25) is 0 Å². The van der Waals surface area contributed by atoms with Crippen LogP contribution in [0.3, 0.4) is 0 Å². The zero-order valence-corrected chi connectivity index (χ0v) is 21.7. The lowest BCUT2D eigenvalue weighted by molar-refractivity contribution is -0.137. The van der Waals surface area contributed by atoms with Crippen molar-refractivity contribution in [3.8, 4) is 0 Å². The van der Waals surface area contributed by atoms with Gasteiger partial charge >= 0.3 is 5.97 Å². The first kappa shape index (κ1) is 29.5.